The average molecular weight is 466 g/mol. The summed E-state index contributed by atoms with van der Waals surface area (Å²) in [5, 5.41) is -0.228. The van der Waals surface area contributed by atoms with Crippen LogP contribution in [0.15, 0.2) is 53.4 Å². The van der Waals surface area contributed by atoms with Crippen LogP contribution in [0.2, 0.25) is 5.02 Å². The molecular formula is C22H25ClFN3O3S. The van der Waals surface area contributed by atoms with E-state index >= 15 is 0 Å². The van der Waals surface area contributed by atoms with Gasteiger partial charge in [0.2, 0.25) is 15.9 Å². The second kappa shape index (κ2) is 9.24. The lowest BCUT2D eigenvalue weighted by Gasteiger charge is -2.35. The number of sulfonamides is 1. The highest BCUT2D eigenvalue weighted by molar-refractivity contribution is 7.89. The molecule has 0 radical (unpaired) electrons. The summed E-state index contributed by atoms with van der Waals surface area (Å²) in [6.07, 6.45) is 2.09. The molecule has 1 amide bonds. The van der Waals surface area contributed by atoms with Gasteiger partial charge >= 0.3 is 0 Å². The first-order valence-electron chi connectivity index (χ1n) is 10.4. The summed E-state index contributed by atoms with van der Waals surface area (Å²) in [5.74, 6) is -0.642. The Morgan fingerprint density at radius 1 is 1.03 bits per heavy atom. The Kier molecular flexibility index (Phi) is 6.62. The van der Waals surface area contributed by atoms with E-state index in [2.05, 4.69) is 17.0 Å². The van der Waals surface area contributed by atoms with Crippen LogP contribution in [-0.4, -0.2) is 67.7 Å². The number of piperazine rings is 1. The first-order valence-corrected chi connectivity index (χ1v) is 12.2. The summed E-state index contributed by atoms with van der Waals surface area (Å²) in [5.41, 5.74) is 1.22. The van der Waals surface area contributed by atoms with Gasteiger partial charge in [-0.15, -0.1) is 0 Å². The molecule has 2 aliphatic rings. The van der Waals surface area contributed by atoms with Crippen molar-refractivity contribution in [3.63, 3.8) is 0 Å². The van der Waals surface area contributed by atoms with E-state index in [4.69, 9.17) is 11.6 Å². The van der Waals surface area contributed by atoms with Gasteiger partial charge in [-0.2, -0.15) is 4.31 Å². The lowest BCUT2D eigenvalue weighted by atomic mass is 10.0. The van der Waals surface area contributed by atoms with Crippen molar-refractivity contribution < 1.29 is 17.6 Å². The van der Waals surface area contributed by atoms with E-state index in [1.807, 2.05) is 18.2 Å². The Hall–Kier alpha value is -2.00. The number of carbonyl (C=O) groups is 1. The smallest absolute Gasteiger partial charge is 0.243 e. The lowest BCUT2D eigenvalue weighted by molar-refractivity contribution is -0.133. The van der Waals surface area contributed by atoms with Crippen LogP contribution < -0.4 is 0 Å². The standard InChI is InChI=1S/C22H25ClFN3O3S/c23-19-15-18(8-9-20(19)24)31(29,30)27-13-11-25(12-14-27)22(28)16-26-10-4-7-21(26)17-5-2-1-3-6-17/h1-3,5-6,8-9,15,21H,4,7,10-14,16H2. The number of hydrogen-bond acceptors (Lipinski definition) is 4. The molecule has 2 heterocycles. The molecule has 0 N–H and O–H groups in total. The van der Waals surface area contributed by atoms with Gasteiger partial charge in [-0.3, -0.25) is 9.69 Å². The zero-order chi connectivity index (χ0) is 22.0. The van der Waals surface area contributed by atoms with E-state index in [9.17, 15) is 17.6 Å². The fraction of sp³-hybridized carbons (Fsp3) is 0.409. The molecule has 2 saturated heterocycles. The van der Waals surface area contributed by atoms with Crippen molar-refractivity contribution >= 4 is 27.5 Å². The monoisotopic (exact) mass is 465 g/mol. The molecule has 9 heteroatoms. The Bertz CT molecular complexity index is 1040. The molecule has 0 saturated carbocycles. The van der Waals surface area contributed by atoms with Gasteiger partial charge in [0.25, 0.3) is 0 Å². The second-order valence-electron chi connectivity index (χ2n) is 7.90. The molecule has 6 nitrogen and oxygen atoms in total. The van der Waals surface area contributed by atoms with Crippen LogP contribution in [-0.2, 0) is 14.8 Å². The van der Waals surface area contributed by atoms with Gasteiger partial charge < -0.3 is 4.90 Å². The van der Waals surface area contributed by atoms with Crippen LogP contribution in [0.4, 0.5) is 4.39 Å². The van der Waals surface area contributed by atoms with Gasteiger partial charge in [-0.25, -0.2) is 12.8 Å². The van der Waals surface area contributed by atoms with Gasteiger partial charge in [0.15, 0.2) is 0 Å². The maximum Gasteiger partial charge on any atom is 0.243 e. The van der Waals surface area contributed by atoms with Gasteiger partial charge in [0.05, 0.1) is 16.5 Å². The largest absolute Gasteiger partial charge is 0.339 e. The van der Waals surface area contributed by atoms with E-state index in [1.165, 1.54) is 15.9 Å². The van der Waals surface area contributed by atoms with E-state index in [1.54, 1.807) is 4.90 Å². The topological polar surface area (TPSA) is 60.9 Å². The Labute approximate surface area is 187 Å². The lowest BCUT2D eigenvalue weighted by Crippen LogP contribution is -2.52. The molecule has 0 aromatic heterocycles. The van der Waals surface area contributed by atoms with Crippen LogP contribution in [0.1, 0.15) is 24.4 Å². The highest BCUT2D eigenvalue weighted by Crippen LogP contribution is 2.31. The van der Waals surface area contributed by atoms with Crippen molar-refractivity contribution in [2.75, 3.05) is 39.3 Å². The number of hydrogen-bond donors (Lipinski definition) is 0. The second-order valence-corrected chi connectivity index (χ2v) is 10.2. The van der Waals surface area contributed by atoms with Crippen molar-refractivity contribution in [3.05, 3.63) is 64.9 Å². The quantitative estimate of drug-likeness (QED) is 0.680. The van der Waals surface area contributed by atoms with Gasteiger partial charge in [-0.1, -0.05) is 41.9 Å². The molecule has 4 rings (SSSR count). The molecule has 0 aliphatic carbocycles. The first kappa shape index (κ1) is 22.2. The molecule has 166 valence electrons. The van der Waals surface area contributed by atoms with E-state index in [0.717, 1.165) is 31.5 Å². The number of benzene rings is 2. The van der Waals surface area contributed by atoms with E-state index in [0.29, 0.717) is 19.6 Å². The molecule has 1 atom stereocenters. The normalized spacial score (nSPS) is 20.8. The van der Waals surface area contributed by atoms with Gasteiger partial charge in [0.1, 0.15) is 5.82 Å². The third kappa shape index (κ3) is 4.77. The minimum atomic E-state index is -3.78. The third-order valence-electron chi connectivity index (χ3n) is 6.01. The van der Waals surface area contributed by atoms with Crippen LogP contribution in [0.25, 0.3) is 0 Å². The summed E-state index contributed by atoms with van der Waals surface area (Å²) in [4.78, 5) is 16.8. The van der Waals surface area contributed by atoms with Crippen molar-refractivity contribution in [2.24, 2.45) is 0 Å². The fourth-order valence-corrected chi connectivity index (χ4v) is 6.00. The summed E-state index contributed by atoms with van der Waals surface area (Å²) in [7, 11) is -3.78. The van der Waals surface area contributed by atoms with Crippen LogP contribution >= 0.6 is 11.6 Å². The zero-order valence-electron chi connectivity index (χ0n) is 17.1. The number of carbonyl (C=O) groups excluding carboxylic acids is 1. The van der Waals surface area contributed by atoms with Crippen molar-refractivity contribution in [2.45, 2.75) is 23.8 Å². The third-order valence-corrected chi connectivity index (χ3v) is 8.19. The number of nitrogens with zero attached hydrogens (tertiary/aromatic N) is 3. The van der Waals surface area contributed by atoms with Crippen molar-refractivity contribution in [1.82, 2.24) is 14.1 Å². The SMILES string of the molecule is O=C(CN1CCCC1c1ccccc1)N1CCN(S(=O)(=O)c2ccc(F)c(Cl)c2)CC1. The minimum absolute atomic E-state index is 0.0182. The van der Waals surface area contributed by atoms with E-state index < -0.39 is 15.8 Å². The average Bonchev–Trinajstić information content (AvgIpc) is 3.24. The summed E-state index contributed by atoms with van der Waals surface area (Å²) in [6.45, 7) is 2.27. The Morgan fingerprint density at radius 2 is 1.74 bits per heavy atom. The van der Waals surface area contributed by atoms with Crippen molar-refractivity contribution in [3.8, 4) is 0 Å². The molecule has 0 spiro atoms. The number of halogens is 2. The minimum Gasteiger partial charge on any atom is -0.339 e. The zero-order valence-corrected chi connectivity index (χ0v) is 18.7. The number of amides is 1. The summed E-state index contributed by atoms with van der Waals surface area (Å²) in [6, 6.07) is 13.8. The Balaban J connectivity index is 1.36. The highest BCUT2D eigenvalue weighted by atomic mass is 35.5. The molecule has 2 fully saturated rings. The molecule has 2 aromatic carbocycles. The van der Waals surface area contributed by atoms with Gasteiger partial charge in [0, 0.05) is 32.2 Å². The molecule has 0 bridgehead atoms. The molecular weight excluding hydrogens is 441 g/mol. The number of likely N-dealkylation sites (tertiary alicyclic amines) is 1. The molecule has 2 aromatic rings. The Morgan fingerprint density at radius 3 is 2.42 bits per heavy atom. The number of rotatable bonds is 5. The van der Waals surface area contributed by atoms with Crippen LogP contribution in [0.5, 0.6) is 0 Å². The highest BCUT2D eigenvalue weighted by Gasteiger charge is 2.33. The summed E-state index contributed by atoms with van der Waals surface area (Å²) < 4.78 is 40.4. The fourth-order valence-electron chi connectivity index (χ4n) is 4.31. The van der Waals surface area contributed by atoms with Crippen LogP contribution in [0, 0.1) is 5.82 Å². The molecule has 31 heavy (non-hydrogen) atoms. The maximum atomic E-state index is 13.4. The predicted molar refractivity (Wildman–Crippen MR) is 117 cm³/mol. The molecule has 1 unspecified atom stereocenters. The maximum absolute atomic E-state index is 13.4. The molecule has 2 aliphatic heterocycles. The van der Waals surface area contributed by atoms with Gasteiger partial charge in [-0.05, 0) is 43.1 Å². The first-order chi connectivity index (χ1) is 14.9. The van der Waals surface area contributed by atoms with E-state index in [-0.39, 0.29) is 35.0 Å². The predicted octanol–water partition coefficient (Wildman–Crippen LogP) is 3.15. The summed E-state index contributed by atoms with van der Waals surface area (Å²) >= 11 is 5.75. The van der Waals surface area contributed by atoms with Crippen molar-refractivity contribution in [1.29, 1.82) is 0 Å². The van der Waals surface area contributed by atoms with Crippen LogP contribution in [0.3, 0.4) is 0 Å².